The third-order valence-corrected chi connectivity index (χ3v) is 23.1. The fourth-order valence-electron chi connectivity index (χ4n) is 11.0. The van der Waals surface area contributed by atoms with Crippen LogP contribution >= 0.6 is 13.2 Å². The number of allylic oxidation sites excluding steroid dienone is 9. The van der Waals surface area contributed by atoms with E-state index in [0.29, 0.717) is 6.42 Å². The molecule has 310 valence electrons. The highest BCUT2D eigenvalue weighted by Crippen LogP contribution is 2.61. The van der Waals surface area contributed by atoms with E-state index in [9.17, 15) is 0 Å². The van der Waals surface area contributed by atoms with Crippen molar-refractivity contribution in [1.29, 1.82) is 0 Å². The van der Waals surface area contributed by atoms with E-state index in [0.717, 1.165) is 16.8 Å². The Morgan fingerprint density at radius 1 is 0.625 bits per heavy atom. The molecule has 0 fully saturated rings. The van der Waals surface area contributed by atoms with Crippen LogP contribution in [0.15, 0.2) is 212 Å². The number of benzene rings is 7. The monoisotopic (exact) mass is 880 g/mol. The average molecular weight is 881 g/mol. The number of aromatic nitrogens is 2. The van der Waals surface area contributed by atoms with Gasteiger partial charge in [0, 0.05) is 46.3 Å². The molecule has 1 aromatic heterocycles. The fraction of sp³-hybridized carbons (Fsp3) is 0.121. The lowest BCUT2D eigenvalue weighted by Gasteiger charge is -2.39. The summed E-state index contributed by atoms with van der Waals surface area (Å²) in [6.45, 7) is 2.21. The van der Waals surface area contributed by atoms with Crippen LogP contribution in [0.25, 0.3) is 44.6 Å². The highest BCUT2D eigenvalue weighted by Gasteiger charge is 2.45. The summed E-state index contributed by atoms with van der Waals surface area (Å²) >= 11 is 6.72. The van der Waals surface area contributed by atoms with Gasteiger partial charge in [-0.15, -0.1) is 0 Å². The molecule has 6 heteroatoms. The van der Waals surface area contributed by atoms with Crippen LogP contribution in [-0.2, 0) is 22.8 Å². The molecule has 3 nitrogen and oxygen atoms in total. The van der Waals surface area contributed by atoms with E-state index in [-0.39, 0.29) is 29.2 Å². The molecule has 6 unspecified atom stereocenters. The van der Waals surface area contributed by atoms with Gasteiger partial charge in [0.25, 0.3) is 0 Å². The van der Waals surface area contributed by atoms with E-state index in [1.165, 1.54) is 65.4 Å². The zero-order valence-electron chi connectivity index (χ0n) is 35.5. The van der Waals surface area contributed by atoms with Gasteiger partial charge in [0.15, 0.2) is 0 Å². The van der Waals surface area contributed by atoms with Crippen LogP contribution in [-0.4, -0.2) is 20.9 Å². The lowest BCUT2D eigenvalue weighted by molar-refractivity contribution is 0.517. The van der Waals surface area contributed by atoms with Crippen molar-refractivity contribution in [2.24, 2.45) is 5.92 Å². The van der Waals surface area contributed by atoms with Gasteiger partial charge in [-0.05, 0) is 78.3 Å². The Balaban J connectivity index is 0.973. The summed E-state index contributed by atoms with van der Waals surface area (Å²) in [6.07, 6.45) is 20.9. The van der Waals surface area contributed by atoms with Gasteiger partial charge in [-0.3, -0.25) is 0 Å². The minimum Gasteiger partial charge on any atom is -0.320 e. The van der Waals surface area contributed by atoms with Gasteiger partial charge in [0.1, 0.15) is 13.0 Å². The van der Waals surface area contributed by atoms with Crippen molar-refractivity contribution in [2.45, 2.75) is 36.6 Å². The first-order valence-electron chi connectivity index (χ1n) is 22.4. The van der Waals surface area contributed by atoms with Crippen molar-refractivity contribution in [1.82, 2.24) is 9.55 Å². The molecular formula is C58H46N2OP2S. The molecule has 12 rings (SSSR count). The Bertz CT molecular complexity index is 3370. The van der Waals surface area contributed by atoms with Crippen LogP contribution in [0.2, 0.25) is 0 Å². The van der Waals surface area contributed by atoms with Gasteiger partial charge in [-0.1, -0.05) is 219 Å². The smallest absolute Gasteiger partial charge is 0.141 e. The lowest BCUT2D eigenvalue weighted by atomic mass is 9.77. The van der Waals surface area contributed by atoms with E-state index in [4.69, 9.17) is 16.8 Å². The molecular weight excluding hydrogens is 835 g/mol. The van der Waals surface area contributed by atoms with Crippen LogP contribution in [0.4, 0.5) is 0 Å². The maximum atomic E-state index is 16.0. The largest absolute Gasteiger partial charge is 0.320 e. The van der Waals surface area contributed by atoms with Gasteiger partial charge in [-0.25, -0.2) is 4.98 Å². The molecule has 64 heavy (non-hydrogen) atoms. The molecule has 3 aliphatic carbocycles. The van der Waals surface area contributed by atoms with Crippen molar-refractivity contribution < 1.29 is 4.57 Å². The van der Waals surface area contributed by atoms with E-state index in [1.807, 2.05) is 18.2 Å². The lowest BCUT2D eigenvalue weighted by Crippen LogP contribution is -2.32. The first-order chi connectivity index (χ1) is 31.4. The first kappa shape index (κ1) is 39.4. The molecule has 0 N–H and O–H groups in total. The summed E-state index contributed by atoms with van der Waals surface area (Å²) in [5.41, 5.74) is 6.76. The standard InChI is InChI=1S/C58H46N2OP2S/c1-39-15-11-14-24-56(39)62(61,45-17-5-2-6-18-45)48-31-34-53-55(38-48)60-54-37-44(29-32-51(54)57-50-23-13-12-16-40(50)28-33-52(57)58(60)59-53)41-25-26-43-36-49(30-27-42(43)35-41)63(64,46-19-7-3-8-20-46)47-21-9-4-10-22-47/h2-37,39,48,51,54,56H,38H2,1H3. The predicted octanol–water partition coefficient (Wildman–Crippen LogP) is 12.7. The normalized spacial score (nSPS) is 21.7. The molecule has 6 atom stereocenters. The summed E-state index contributed by atoms with van der Waals surface area (Å²) in [5.74, 6) is 1.24. The second-order valence-corrected chi connectivity index (χ2v) is 25.3. The van der Waals surface area contributed by atoms with Crippen LogP contribution < -0.4 is 21.2 Å². The van der Waals surface area contributed by atoms with Crippen molar-refractivity contribution in [3.63, 3.8) is 0 Å². The number of nitrogens with zero attached hydrogens (tertiary/aromatic N) is 2. The number of hydrogen-bond donors (Lipinski definition) is 0. The summed E-state index contributed by atoms with van der Waals surface area (Å²) in [6, 6.07) is 56.3. The fourth-order valence-corrected chi connectivity index (χ4v) is 18.5. The molecule has 2 heterocycles. The Morgan fingerprint density at radius 2 is 1.28 bits per heavy atom. The third-order valence-electron chi connectivity index (χ3n) is 14.2. The van der Waals surface area contributed by atoms with Gasteiger partial charge >= 0.3 is 0 Å². The molecule has 8 aromatic rings. The van der Waals surface area contributed by atoms with Crippen molar-refractivity contribution in [3.05, 3.63) is 235 Å². The second kappa shape index (κ2) is 15.5. The van der Waals surface area contributed by atoms with Gasteiger partial charge in [0.05, 0.1) is 11.7 Å². The zero-order valence-corrected chi connectivity index (χ0v) is 38.1. The van der Waals surface area contributed by atoms with Crippen LogP contribution in [0.3, 0.4) is 0 Å². The second-order valence-electron chi connectivity index (χ2n) is 17.7. The van der Waals surface area contributed by atoms with Crippen LogP contribution in [0.1, 0.15) is 41.4 Å². The SMILES string of the molecule is CC1C=CC=CC1P(=O)(c1ccccc1)C1C=Cc2nc3n(c2C1)C1C=C(c2ccc4cc(P(=S)(c5ccccc5)c5ccccc5)ccc4c2)C=CC1c1c-3ccc2ccccc12. The number of imidazole rings is 1. The molecule has 0 spiro atoms. The Morgan fingerprint density at radius 3 is 2.03 bits per heavy atom. The zero-order chi connectivity index (χ0) is 43.0. The molecule has 0 saturated heterocycles. The minimum atomic E-state index is -3.01. The highest BCUT2D eigenvalue weighted by atomic mass is 32.4. The molecule has 0 amide bonds. The van der Waals surface area contributed by atoms with Crippen molar-refractivity contribution >= 4 is 79.4 Å². The highest BCUT2D eigenvalue weighted by molar-refractivity contribution is 8.25. The van der Waals surface area contributed by atoms with Crippen LogP contribution in [0.5, 0.6) is 0 Å². The van der Waals surface area contributed by atoms with Crippen LogP contribution in [0, 0.1) is 5.92 Å². The predicted molar refractivity (Wildman–Crippen MR) is 276 cm³/mol. The summed E-state index contributed by atoms with van der Waals surface area (Å²) in [5, 5.41) is 9.41. The first-order valence-corrected chi connectivity index (χ1v) is 27.0. The Labute approximate surface area is 380 Å². The van der Waals surface area contributed by atoms with Crippen molar-refractivity contribution in [3.8, 4) is 11.4 Å². The minimum absolute atomic E-state index is 0.0234. The maximum Gasteiger partial charge on any atom is 0.141 e. The van der Waals surface area contributed by atoms with Crippen molar-refractivity contribution in [2.75, 3.05) is 0 Å². The summed E-state index contributed by atoms with van der Waals surface area (Å²) < 4.78 is 18.5. The molecule has 0 bridgehead atoms. The number of fused-ring (bicyclic) bond motifs is 11. The van der Waals surface area contributed by atoms with E-state index >= 15 is 4.57 Å². The van der Waals surface area contributed by atoms with Gasteiger partial charge < -0.3 is 9.13 Å². The number of hydrogen-bond acceptors (Lipinski definition) is 3. The maximum absolute atomic E-state index is 16.0. The van der Waals surface area contributed by atoms with E-state index in [1.54, 1.807) is 0 Å². The quantitative estimate of drug-likeness (QED) is 0.150. The average Bonchev–Trinajstić information content (AvgIpc) is 3.76. The molecule has 4 aliphatic rings. The molecule has 0 radical (unpaired) electrons. The van der Waals surface area contributed by atoms with E-state index in [2.05, 4.69) is 212 Å². The van der Waals surface area contributed by atoms with Gasteiger partial charge in [0.2, 0.25) is 0 Å². The number of rotatable bonds is 7. The topological polar surface area (TPSA) is 34.9 Å². The van der Waals surface area contributed by atoms with Gasteiger partial charge in [-0.2, -0.15) is 0 Å². The Kier molecular flexibility index (Phi) is 9.57. The van der Waals surface area contributed by atoms with E-state index < -0.39 is 13.2 Å². The molecule has 1 aliphatic heterocycles. The summed E-state index contributed by atoms with van der Waals surface area (Å²) in [7, 11) is -3.01. The molecule has 7 aromatic carbocycles. The molecule has 0 saturated carbocycles. The third kappa shape index (κ3) is 6.18. The Hall–Kier alpha value is -6.15. The summed E-state index contributed by atoms with van der Waals surface area (Å²) in [4.78, 5) is 5.46.